The average Bonchev–Trinajstić information content (AvgIpc) is 3.15. The number of halogens is 4. The van der Waals surface area contributed by atoms with Crippen LogP contribution in [-0.4, -0.2) is 31.3 Å². The van der Waals surface area contributed by atoms with Crippen LogP contribution in [-0.2, 0) is 4.84 Å². The van der Waals surface area contributed by atoms with E-state index in [4.69, 9.17) is 5.73 Å². The molecule has 0 bridgehead atoms. The van der Waals surface area contributed by atoms with Gasteiger partial charge in [-0.1, -0.05) is 5.16 Å². The van der Waals surface area contributed by atoms with Gasteiger partial charge in [-0.25, -0.2) is 31.9 Å². The van der Waals surface area contributed by atoms with Crippen LogP contribution in [0.25, 0.3) is 5.65 Å². The summed E-state index contributed by atoms with van der Waals surface area (Å²) in [6.45, 7) is 0. The molecule has 2 heterocycles. The van der Waals surface area contributed by atoms with Gasteiger partial charge in [-0.3, -0.25) is 10.1 Å². The van der Waals surface area contributed by atoms with E-state index in [1.165, 1.54) is 12.1 Å². The van der Waals surface area contributed by atoms with Crippen molar-refractivity contribution in [2.75, 3.05) is 0 Å². The third-order valence-electron chi connectivity index (χ3n) is 3.73. The van der Waals surface area contributed by atoms with Gasteiger partial charge in [-0.2, -0.15) is 5.10 Å². The molecule has 0 aliphatic heterocycles. The molecule has 0 radical (unpaired) electrons. The molecule has 2 aromatic heterocycles. The number of carbonyl (C=O) groups is 1. The smallest absolute Gasteiger partial charge is 0.380 e. The minimum Gasteiger partial charge on any atom is -0.380 e. The van der Waals surface area contributed by atoms with Crippen LogP contribution in [0, 0.1) is 10.1 Å². The molecule has 0 aliphatic rings. The van der Waals surface area contributed by atoms with Gasteiger partial charge in [0.1, 0.15) is 11.4 Å². The molecule has 0 aliphatic carbocycles. The van der Waals surface area contributed by atoms with Crippen molar-refractivity contribution >= 4 is 23.1 Å². The van der Waals surface area contributed by atoms with Crippen LogP contribution in [0.5, 0.6) is 0 Å². The van der Waals surface area contributed by atoms with Crippen LogP contribution in [0.3, 0.4) is 0 Å². The number of fused-ring (bicyclic) bond motifs is 1. The third-order valence-corrected chi connectivity index (χ3v) is 3.73. The summed E-state index contributed by atoms with van der Waals surface area (Å²) in [6.07, 6.45) is -6.27. The SMILES string of the molecule is N/C(=N\OC(=O)c1cc2nc(C(F)F)cc(C(F)F)n2n1)c1ccc([N+](=O)[O-])cc1. The fourth-order valence-corrected chi connectivity index (χ4v) is 2.33. The highest BCUT2D eigenvalue weighted by Crippen LogP contribution is 2.25. The Morgan fingerprint density at radius 1 is 1.17 bits per heavy atom. The predicted molar refractivity (Wildman–Crippen MR) is 92.1 cm³/mol. The van der Waals surface area contributed by atoms with Crippen molar-refractivity contribution in [2.24, 2.45) is 10.9 Å². The van der Waals surface area contributed by atoms with Crippen molar-refractivity contribution in [1.82, 2.24) is 14.6 Å². The van der Waals surface area contributed by atoms with E-state index in [0.29, 0.717) is 10.6 Å². The molecular weight excluding hydrogens is 416 g/mol. The first-order chi connectivity index (χ1) is 14.2. The fourth-order valence-electron chi connectivity index (χ4n) is 2.33. The third kappa shape index (κ3) is 4.16. The Morgan fingerprint density at radius 3 is 2.40 bits per heavy atom. The molecule has 1 aromatic carbocycles. The lowest BCUT2D eigenvalue weighted by Gasteiger charge is -2.06. The Hall–Kier alpha value is -4.10. The van der Waals surface area contributed by atoms with Crippen molar-refractivity contribution in [3.05, 3.63) is 69.2 Å². The molecule has 0 atom stereocenters. The van der Waals surface area contributed by atoms with E-state index >= 15 is 0 Å². The number of alkyl halides is 4. The first kappa shape index (κ1) is 20.6. The van der Waals surface area contributed by atoms with E-state index in [1.807, 2.05) is 0 Å². The molecule has 3 aromatic rings. The average molecular weight is 426 g/mol. The first-order valence-corrected chi connectivity index (χ1v) is 7.94. The Balaban J connectivity index is 1.85. The lowest BCUT2D eigenvalue weighted by Crippen LogP contribution is -2.15. The van der Waals surface area contributed by atoms with Crippen molar-refractivity contribution in [3.8, 4) is 0 Å². The van der Waals surface area contributed by atoms with Gasteiger partial charge in [0.2, 0.25) is 0 Å². The van der Waals surface area contributed by atoms with Gasteiger partial charge in [0.15, 0.2) is 17.2 Å². The zero-order valence-corrected chi connectivity index (χ0v) is 14.6. The van der Waals surface area contributed by atoms with Gasteiger partial charge < -0.3 is 10.6 Å². The van der Waals surface area contributed by atoms with Crippen molar-refractivity contribution in [3.63, 3.8) is 0 Å². The van der Waals surface area contributed by atoms with Crippen LogP contribution in [0.2, 0.25) is 0 Å². The van der Waals surface area contributed by atoms with Crippen molar-refractivity contribution < 1.29 is 32.1 Å². The number of nitro benzene ring substituents is 1. The van der Waals surface area contributed by atoms with Gasteiger partial charge >= 0.3 is 5.97 Å². The summed E-state index contributed by atoms with van der Waals surface area (Å²) < 4.78 is 52.5. The monoisotopic (exact) mass is 426 g/mol. The normalized spacial score (nSPS) is 12.0. The van der Waals surface area contributed by atoms with Gasteiger partial charge in [0.05, 0.1) is 4.92 Å². The molecule has 0 saturated heterocycles. The number of rotatable bonds is 6. The number of nitrogens with two attached hydrogens (primary N) is 1. The maximum Gasteiger partial charge on any atom is 0.385 e. The second-order valence-electron chi connectivity index (χ2n) is 5.67. The molecule has 156 valence electrons. The van der Waals surface area contributed by atoms with Crippen molar-refractivity contribution in [1.29, 1.82) is 0 Å². The molecule has 2 N–H and O–H groups in total. The molecule has 0 spiro atoms. The number of aromatic nitrogens is 3. The molecule has 30 heavy (non-hydrogen) atoms. The number of oxime groups is 1. The summed E-state index contributed by atoms with van der Waals surface area (Å²) in [4.78, 5) is 30.1. The van der Waals surface area contributed by atoms with E-state index < -0.39 is 46.5 Å². The highest BCUT2D eigenvalue weighted by molar-refractivity contribution is 5.98. The lowest BCUT2D eigenvalue weighted by atomic mass is 10.2. The summed E-state index contributed by atoms with van der Waals surface area (Å²) >= 11 is 0. The largest absolute Gasteiger partial charge is 0.385 e. The summed E-state index contributed by atoms with van der Waals surface area (Å²) in [5.74, 6) is -1.53. The maximum atomic E-state index is 13.1. The second kappa shape index (κ2) is 8.10. The zero-order valence-electron chi connectivity index (χ0n) is 14.6. The summed E-state index contributed by atoms with van der Waals surface area (Å²) in [6, 6.07) is 6.19. The molecule has 14 heteroatoms. The summed E-state index contributed by atoms with van der Waals surface area (Å²) in [7, 11) is 0. The molecule has 0 saturated carbocycles. The number of carbonyl (C=O) groups excluding carboxylic acids is 1. The lowest BCUT2D eigenvalue weighted by molar-refractivity contribution is -0.384. The van der Waals surface area contributed by atoms with Gasteiger partial charge in [-0.05, 0) is 18.2 Å². The van der Waals surface area contributed by atoms with E-state index in [1.54, 1.807) is 0 Å². The van der Waals surface area contributed by atoms with Crippen LogP contribution >= 0.6 is 0 Å². The Kier molecular flexibility index (Phi) is 5.57. The Morgan fingerprint density at radius 2 is 1.83 bits per heavy atom. The van der Waals surface area contributed by atoms with E-state index in [0.717, 1.165) is 18.2 Å². The standard InChI is InChI=1S/C16H10F4N6O4/c17-13(18)9-5-11(14(19)20)25-12(22-9)6-10(23-25)16(27)30-24-15(21)7-1-3-8(4-2-7)26(28)29/h1-6,13-14H,(H2,21,24). The zero-order chi connectivity index (χ0) is 22.0. The van der Waals surface area contributed by atoms with Gasteiger partial charge in [-0.15, -0.1) is 0 Å². The van der Waals surface area contributed by atoms with Crippen molar-refractivity contribution in [2.45, 2.75) is 12.9 Å². The number of nitro groups is 1. The number of non-ortho nitro benzene ring substituents is 1. The number of hydrogen-bond acceptors (Lipinski definition) is 7. The molecule has 0 fully saturated rings. The topological polar surface area (TPSA) is 138 Å². The molecule has 0 unspecified atom stereocenters. The number of nitrogens with zero attached hydrogens (tertiary/aromatic N) is 5. The highest BCUT2D eigenvalue weighted by atomic mass is 19.3. The van der Waals surface area contributed by atoms with Gasteiger partial charge in [0.25, 0.3) is 18.5 Å². The molecule has 10 nitrogen and oxygen atoms in total. The Bertz CT molecular complexity index is 1150. The van der Waals surface area contributed by atoms with E-state index in [2.05, 4.69) is 20.1 Å². The second-order valence-corrected chi connectivity index (χ2v) is 5.67. The molecule has 0 amide bonds. The maximum absolute atomic E-state index is 13.1. The van der Waals surface area contributed by atoms with E-state index in [9.17, 15) is 32.5 Å². The summed E-state index contributed by atoms with van der Waals surface area (Å²) in [5, 5.41) is 17.6. The minimum atomic E-state index is -3.16. The fraction of sp³-hybridized carbons (Fsp3) is 0.125. The van der Waals surface area contributed by atoms with Crippen LogP contribution in [0.4, 0.5) is 23.2 Å². The Labute approximate surface area is 163 Å². The van der Waals surface area contributed by atoms with E-state index in [-0.39, 0.29) is 17.1 Å². The van der Waals surface area contributed by atoms with Gasteiger partial charge in [0, 0.05) is 23.8 Å². The minimum absolute atomic E-state index is 0.196. The predicted octanol–water partition coefficient (Wildman–Crippen LogP) is 2.99. The van der Waals surface area contributed by atoms with Crippen LogP contribution in [0.1, 0.15) is 40.3 Å². The quantitative estimate of drug-likeness (QED) is 0.160. The number of amidine groups is 1. The first-order valence-electron chi connectivity index (χ1n) is 7.94. The van der Waals surface area contributed by atoms with Crippen LogP contribution in [0.15, 0.2) is 41.6 Å². The number of hydrogen-bond donors (Lipinski definition) is 1. The van der Waals surface area contributed by atoms with Crippen LogP contribution < -0.4 is 5.73 Å². The molecule has 3 rings (SSSR count). The summed E-state index contributed by atoms with van der Waals surface area (Å²) in [5.41, 5.74) is 2.89. The number of benzene rings is 1. The highest BCUT2D eigenvalue weighted by Gasteiger charge is 2.22. The molecular formula is C16H10F4N6O4.